The molecule has 0 radical (unpaired) electrons. The molecular formula is C24H21FN4O3. The Morgan fingerprint density at radius 3 is 2.78 bits per heavy atom. The van der Waals surface area contributed by atoms with E-state index in [-0.39, 0.29) is 12.4 Å². The number of hydrogen-bond acceptors (Lipinski definition) is 6. The Morgan fingerprint density at radius 2 is 1.94 bits per heavy atom. The zero-order valence-electron chi connectivity index (χ0n) is 17.3. The summed E-state index contributed by atoms with van der Waals surface area (Å²) in [7, 11) is 0. The summed E-state index contributed by atoms with van der Waals surface area (Å²) in [6.45, 7) is 1.15. The van der Waals surface area contributed by atoms with Crippen LogP contribution in [0.5, 0.6) is 5.75 Å². The third-order valence-electron chi connectivity index (χ3n) is 5.13. The number of furan rings is 1. The molecule has 0 aliphatic heterocycles. The monoisotopic (exact) mass is 432 g/mol. The molecule has 0 fully saturated rings. The molecule has 2 aromatic carbocycles. The fraction of sp³-hybridized carbons (Fsp3) is 0.208. The lowest BCUT2D eigenvalue weighted by molar-refractivity contribution is 0.301. The summed E-state index contributed by atoms with van der Waals surface area (Å²) >= 11 is 0. The van der Waals surface area contributed by atoms with Crippen LogP contribution in [0.15, 0.2) is 76.0 Å². The predicted molar refractivity (Wildman–Crippen MR) is 115 cm³/mol. The molecule has 0 bridgehead atoms. The van der Waals surface area contributed by atoms with Gasteiger partial charge < -0.3 is 13.6 Å². The van der Waals surface area contributed by atoms with Crippen molar-refractivity contribution in [1.82, 2.24) is 20.0 Å². The second kappa shape index (κ2) is 9.05. The molecule has 0 N–H and O–H groups in total. The van der Waals surface area contributed by atoms with Crippen molar-refractivity contribution in [3.05, 3.63) is 84.3 Å². The molecule has 3 heterocycles. The topological polar surface area (TPSA) is 79.1 Å². The van der Waals surface area contributed by atoms with Crippen LogP contribution in [0.4, 0.5) is 4.39 Å². The maximum absolute atomic E-state index is 13.4. The Balaban J connectivity index is 1.12. The summed E-state index contributed by atoms with van der Waals surface area (Å²) in [5.74, 6) is 1.23. The van der Waals surface area contributed by atoms with E-state index in [4.69, 9.17) is 13.6 Å². The molecular weight excluding hydrogens is 411 g/mol. The number of ether oxygens (including phenoxy) is 1. The molecule has 0 atom stereocenters. The highest BCUT2D eigenvalue weighted by Crippen LogP contribution is 2.28. The molecule has 162 valence electrons. The van der Waals surface area contributed by atoms with Crippen LogP contribution in [0.2, 0.25) is 0 Å². The van der Waals surface area contributed by atoms with E-state index in [0.717, 1.165) is 31.6 Å². The van der Waals surface area contributed by atoms with Gasteiger partial charge in [-0.3, -0.25) is 4.68 Å². The lowest BCUT2D eigenvalue weighted by Crippen LogP contribution is -1.99. The standard InChI is InChI=1S/C24H21FN4O3/c25-19-6-9-22-18(13-19)14-23(32-22)24-27-20(16-31-24)15-30-21-7-4-17(5-8-21)3-1-2-11-29-12-10-26-28-29/h4-10,12-14,16H,1-3,11,15H2. The van der Waals surface area contributed by atoms with Crippen molar-refractivity contribution in [3.63, 3.8) is 0 Å². The average Bonchev–Trinajstić information content (AvgIpc) is 3.56. The first-order chi connectivity index (χ1) is 15.7. The number of nitrogens with zero attached hydrogens (tertiary/aromatic N) is 4. The van der Waals surface area contributed by atoms with Crippen molar-refractivity contribution in [2.75, 3.05) is 0 Å². The van der Waals surface area contributed by atoms with Gasteiger partial charge in [-0.05, 0) is 61.2 Å². The number of hydrogen-bond donors (Lipinski definition) is 0. The number of aryl methyl sites for hydroxylation is 2. The molecule has 0 aliphatic carbocycles. The van der Waals surface area contributed by atoms with Crippen molar-refractivity contribution in [2.45, 2.75) is 32.4 Å². The first kappa shape index (κ1) is 20.0. The molecule has 32 heavy (non-hydrogen) atoms. The van der Waals surface area contributed by atoms with Crippen LogP contribution in [-0.4, -0.2) is 20.0 Å². The molecule has 5 aromatic rings. The highest BCUT2D eigenvalue weighted by atomic mass is 19.1. The summed E-state index contributed by atoms with van der Waals surface area (Å²) in [5.41, 5.74) is 2.49. The van der Waals surface area contributed by atoms with Gasteiger partial charge in [0.15, 0.2) is 5.76 Å². The number of aromatic nitrogens is 4. The lowest BCUT2D eigenvalue weighted by atomic mass is 10.1. The number of benzene rings is 2. The number of oxazole rings is 1. The normalized spacial score (nSPS) is 11.3. The molecule has 5 rings (SSSR count). The first-order valence-electron chi connectivity index (χ1n) is 10.4. The minimum absolute atomic E-state index is 0.273. The van der Waals surface area contributed by atoms with Crippen LogP contribution >= 0.6 is 0 Å². The number of rotatable bonds is 9. The van der Waals surface area contributed by atoms with E-state index in [1.54, 1.807) is 18.3 Å². The molecule has 8 heteroatoms. The van der Waals surface area contributed by atoms with Crippen molar-refractivity contribution >= 4 is 11.0 Å². The van der Waals surface area contributed by atoms with Crippen LogP contribution in [0, 0.1) is 5.82 Å². The van der Waals surface area contributed by atoms with Gasteiger partial charge in [-0.1, -0.05) is 17.3 Å². The lowest BCUT2D eigenvalue weighted by Gasteiger charge is -2.06. The van der Waals surface area contributed by atoms with Gasteiger partial charge in [0.05, 0.1) is 6.20 Å². The van der Waals surface area contributed by atoms with Gasteiger partial charge in [0, 0.05) is 18.1 Å². The van der Waals surface area contributed by atoms with E-state index in [9.17, 15) is 4.39 Å². The van der Waals surface area contributed by atoms with Gasteiger partial charge in [-0.25, -0.2) is 9.37 Å². The first-order valence-corrected chi connectivity index (χ1v) is 10.4. The van der Waals surface area contributed by atoms with Crippen LogP contribution in [0.1, 0.15) is 24.1 Å². The van der Waals surface area contributed by atoms with Crippen molar-refractivity contribution < 1.29 is 18.0 Å². The summed E-state index contributed by atoms with van der Waals surface area (Å²) < 4.78 is 32.2. The van der Waals surface area contributed by atoms with Gasteiger partial charge in [-0.2, -0.15) is 0 Å². The molecule has 7 nitrogen and oxygen atoms in total. The summed E-state index contributed by atoms with van der Waals surface area (Å²) in [6, 6.07) is 14.1. The molecule has 0 aliphatic rings. The van der Waals surface area contributed by atoms with Crippen molar-refractivity contribution in [2.24, 2.45) is 0 Å². The molecule has 0 unspecified atom stereocenters. The molecule has 0 saturated heterocycles. The SMILES string of the molecule is Fc1ccc2oc(-c3nc(COc4ccc(CCCCn5ccnn5)cc4)co3)cc2c1. The molecule has 3 aromatic heterocycles. The van der Waals surface area contributed by atoms with E-state index < -0.39 is 0 Å². The highest BCUT2D eigenvalue weighted by Gasteiger charge is 2.13. The van der Waals surface area contributed by atoms with E-state index in [2.05, 4.69) is 27.4 Å². The van der Waals surface area contributed by atoms with Gasteiger partial charge in [0.25, 0.3) is 5.89 Å². The van der Waals surface area contributed by atoms with Crippen LogP contribution < -0.4 is 4.74 Å². The minimum atomic E-state index is -0.316. The Kier molecular flexibility index (Phi) is 5.65. The summed E-state index contributed by atoms with van der Waals surface area (Å²) in [4.78, 5) is 4.41. The van der Waals surface area contributed by atoms with E-state index in [0.29, 0.717) is 28.3 Å². The van der Waals surface area contributed by atoms with E-state index >= 15 is 0 Å². The number of halogens is 1. The third kappa shape index (κ3) is 4.69. The number of fused-ring (bicyclic) bond motifs is 1. The molecule has 0 saturated carbocycles. The van der Waals surface area contributed by atoms with Crippen molar-refractivity contribution in [1.29, 1.82) is 0 Å². The van der Waals surface area contributed by atoms with E-state index in [1.165, 1.54) is 24.0 Å². The largest absolute Gasteiger partial charge is 0.487 e. The second-order valence-electron chi connectivity index (χ2n) is 7.49. The highest BCUT2D eigenvalue weighted by molar-refractivity contribution is 5.81. The third-order valence-corrected chi connectivity index (χ3v) is 5.13. The van der Waals surface area contributed by atoms with Gasteiger partial charge in [0.1, 0.15) is 35.7 Å². The fourth-order valence-corrected chi connectivity index (χ4v) is 3.47. The quantitative estimate of drug-likeness (QED) is 0.289. The van der Waals surface area contributed by atoms with Crippen LogP contribution in [0.3, 0.4) is 0 Å². The number of unbranched alkanes of at least 4 members (excludes halogenated alkanes) is 1. The van der Waals surface area contributed by atoms with Crippen LogP contribution in [0.25, 0.3) is 22.6 Å². The Labute approximate surface area is 183 Å². The zero-order chi connectivity index (χ0) is 21.8. The summed E-state index contributed by atoms with van der Waals surface area (Å²) in [5, 5.41) is 8.44. The smallest absolute Gasteiger partial charge is 0.263 e. The predicted octanol–water partition coefficient (Wildman–Crippen LogP) is 5.42. The zero-order valence-corrected chi connectivity index (χ0v) is 17.3. The minimum Gasteiger partial charge on any atom is -0.487 e. The van der Waals surface area contributed by atoms with Crippen molar-refractivity contribution in [3.8, 4) is 17.4 Å². The Morgan fingerprint density at radius 1 is 1.03 bits per heavy atom. The van der Waals surface area contributed by atoms with E-state index in [1.807, 2.05) is 23.0 Å². The van der Waals surface area contributed by atoms with Gasteiger partial charge >= 0.3 is 0 Å². The summed E-state index contributed by atoms with van der Waals surface area (Å²) in [6.07, 6.45) is 8.24. The van der Waals surface area contributed by atoms with Crippen LogP contribution in [-0.2, 0) is 19.6 Å². The average molecular weight is 432 g/mol. The second-order valence-corrected chi connectivity index (χ2v) is 7.49. The molecule has 0 spiro atoms. The maximum Gasteiger partial charge on any atom is 0.263 e. The Bertz CT molecular complexity index is 1290. The maximum atomic E-state index is 13.4. The van der Waals surface area contributed by atoms with Gasteiger partial charge in [-0.15, -0.1) is 5.10 Å². The Hall–Kier alpha value is -3.94. The van der Waals surface area contributed by atoms with Gasteiger partial charge in [0.2, 0.25) is 0 Å². The fourth-order valence-electron chi connectivity index (χ4n) is 3.47. The molecule has 0 amide bonds.